The van der Waals surface area contributed by atoms with Crippen LogP contribution in [0.1, 0.15) is 12.8 Å². The second kappa shape index (κ2) is 6.14. The summed E-state index contributed by atoms with van der Waals surface area (Å²) in [7, 11) is 0. The van der Waals surface area contributed by atoms with Crippen molar-refractivity contribution in [3.63, 3.8) is 0 Å². The number of aromatic nitrogens is 1. The molecule has 4 nitrogen and oxygen atoms in total. The lowest BCUT2D eigenvalue weighted by Gasteiger charge is -2.14. The fraction of sp³-hybridized carbons (Fsp3) is 0.455. The van der Waals surface area contributed by atoms with Crippen molar-refractivity contribution < 1.29 is 4.74 Å². The number of rotatable bonds is 3. The third-order valence-corrected chi connectivity index (χ3v) is 3.07. The van der Waals surface area contributed by atoms with Gasteiger partial charge in [-0.25, -0.2) is 4.98 Å². The summed E-state index contributed by atoms with van der Waals surface area (Å²) in [5.74, 6) is 0. The molecule has 0 spiro atoms. The van der Waals surface area contributed by atoms with Gasteiger partial charge in [0.2, 0.25) is 0 Å². The van der Waals surface area contributed by atoms with E-state index in [1.807, 2.05) is 6.07 Å². The van der Waals surface area contributed by atoms with Gasteiger partial charge in [0.25, 0.3) is 0 Å². The van der Waals surface area contributed by atoms with E-state index in [4.69, 9.17) is 28.6 Å². The Bertz CT molecular complexity index is 396. The van der Waals surface area contributed by atoms with E-state index >= 15 is 0 Å². The first kappa shape index (κ1) is 12.5. The highest BCUT2D eigenvalue weighted by molar-refractivity contribution is 7.80. The molecule has 6 heteroatoms. The lowest BCUT2D eigenvalue weighted by atomic mass is 10.2. The van der Waals surface area contributed by atoms with Crippen LogP contribution in [0, 0.1) is 0 Å². The first-order valence-corrected chi connectivity index (χ1v) is 6.31. The number of halogens is 1. The molecular weight excluding hydrogens is 258 g/mol. The second-order valence-electron chi connectivity index (χ2n) is 3.81. The Morgan fingerprint density at radius 3 is 3.24 bits per heavy atom. The lowest BCUT2D eigenvalue weighted by Crippen LogP contribution is -2.34. The standard InChI is InChI=1S/C11H14ClN3OS/c12-10-9(4-1-5-13-10)15-11(17)14-7-8-3-2-6-16-8/h1,4-5,8H,2-3,6-7H2,(H2,14,15,17). The van der Waals surface area contributed by atoms with Crippen LogP contribution in [0.3, 0.4) is 0 Å². The molecule has 1 aliphatic rings. The molecule has 1 saturated heterocycles. The van der Waals surface area contributed by atoms with E-state index in [0.717, 1.165) is 26.0 Å². The Kier molecular flexibility index (Phi) is 4.53. The maximum absolute atomic E-state index is 5.91. The van der Waals surface area contributed by atoms with Crippen LogP contribution in [0.5, 0.6) is 0 Å². The Morgan fingerprint density at radius 1 is 1.65 bits per heavy atom. The minimum atomic E-state index is 0.263. The van der Waals surface area contributed by atoms with Gasteiger partial charge in [-0.2, -0.15) is 0 Å². The summed E-state index contributed by atoms with van der Waals surface area (Å²) in [5.41, 5.74) is 0.707. The minimum absolute atomic E-state index is 0.263. The number of pyridine rings is 1. The van der Waals surface area contributed by atoms with Gasteiger partial charge >= 0.3 is 0 Å². The van der Waals surface area contributed by atoms with Crippen molar-refractivity contribution in [3.05, 3.63) is 23.5 Å². The average molecular weight is 272 g/mol. The van der Waals surface area contributed by atoms with Crippen molar-refractivity contribution in [2.45, 2.75) is 18.9 Å². The Balaban J connectivity index is 1.79. The van der Waals surface area contributed by atoms with Gasteiger partial charge in [-0.1, -0.05) is 11.6 Å². The lowest BCUT2D eigenvalue weighted by molar-refractivity contribution is 0.114. The second-order valence-corrected chi connectivity index (χ2v) is 4.58. The van der Waals surface area contributed by atoms with Crippen LogP contribution in [0.2, 0.25) is 5.15 Å². The zero-order chi connectivity index (χ0) is 12.1. The summed E-state index contributed by atoms with van der Waals surface area (Å²) in [6.45, 7) is 1.57. The molecule has 1 atom stereocenters. The van der Waals surface area contributed by atoms with Crippen LogP contribution in [0.15, 0.2) is 18.3 Å². The van der Waals surface area contributed by atoms with Crippen LogP contribution >= 0.6 is 23.8 Å². The highest BCUT2D eigenvalue weighted by Gasteiger charge is 2.15. The van der Waals surface area contributed by atoms with E-state index in [1.165, 1.54) is 0 Å². The fourth-order valence-electron chi connectivity index (χ4n) is 1.66. The van der Waals surface area contributed by atoms with Gasteiger partial charge < -0.3 is 15.4 Å². The van der Waals surface area contributed by atoms with Crippen LogP contribution in [0.4, 0.5) is 5.69 Å². The number of nitrogens with one attached hydrogen (secondary N) is 2. The highest BCUT2D eigenvalue weighted by atomic mass is 35.5. The Morgan fingerprint density at radius 2 is 2.53 bits per heavy atom. The molecule has 1 aliphatic heterocycles. The summed E-state index contributed by atoms with van der Waals surface area (Å²) in [6.07, 6.45) is 4.11. The van der Waals surface area contributed by atoms with Crippen molar-refractivity contribution in [3.8, 4) is 0 Å². The van der Waals surface area contributed by atoms with Gasteiger partial charge in [0.1, 0.15) is 0 Å². The summed E-state index contributed by atoms with van der Waals surface area (Å²) in [6, 6.07) is 3.63. The molecule has 1 aromatic heterocycles. The number of thiocarbonyl (C=S) groups is 1. The third kappa shape index (κ3) is 3.80. The predicted molar refractivity (Wildman–Crippen MR) is 72.4 cm³/mol. The Labute approximate surface area is 111 Å². The molecule has 0 aliphatic carbocycles. The van der Waals surface area contributed by atoms with Crippen LogP contribution < -0.4 is 10.6 Å². The molecule has 92 valence electrons. The number of hydrogen-bond donors (Lipinski definition) is 2. The quantitative estimate of drug-likeness (QED) is 0.652. The third-order valence-electron chi connectivity index (χ3n) is 2.52. The van der Waals surface area contributed by atoms with E-state index in [1.54, 1.807) is 12.3 Å². The van der Waals surface area contributed by atoms with Gasteiger partial charge in [-0.15, -0.1) is 0 Å². The average Bonchev–Trinajstić information content (AvgIpc) is 2.82. The molecule has 2 heterocycles. The van der Waals surface area contributed by atoms with Crippen LogP contribution in [-0.2, 0) is 4.74 Å². The van der Waals surface area contributed by atoms with Crippen molar-refractivity contribution in [2.75, 3.05) is 18.5 Å². The van der Waals surface area contributed by atoms with E-state index in [-0.39, 0.29) is 6.10 Å². The summed E-state index contributed by atoms with van der Waals surface area (Å²) >= 11 is 11.1. The highest BCUT2D eigenvalue weighted by Crippen LogP contribution is 2.17. The monoisotopic (exact) mass is 271 g/mol. The van der Waals surface area contributed by atoms with E-state index in [9.17, 15) is 0 Å². The van der Waals surface area contributed by atoms with Gasteiger partial charge in [0.05, 0.1) is 11.8 Å². The summed E-state index contributed by atoms with van der Waals surface area (Å²) < 4.78 is 5.49. The van der Waals surface area contributed by atoms with Crippen molar-refractivity contribution in [1.82, 2.24) is 10.3 Å². The summed E-state index contributed by atoms with van der Waals surface area (Å²) in [4.78, 5) is 3.96. The molecule has 0 radical (unpaired) electrons. The predicted octanol–water partition coefficient (Wildman–Crippen LogP) is 2.20. The van der Waals surface area contributed by atoms with E-state index in [2.05, 4.69) is 15.6 Å². The first-order valence-electron chi connectivity index (χ1n) is 5.52. The normalized spacial score (nSPS) is 19.0. The molecule has 1 aromatic rings. The smallest absolute Gasteiger partial charge is 0.170 e. The molecule has 2 rings (SSSR count). The molecule has 0 amide bonds. The maximum Gasteiger partial charge on any atom is 0.170 e. The first-order chi connectivity index (χ1) is 8.25. The summed E-state index contributed by atoms with van der Waals surface area (Å²) in [5, 5.41) is 7.06. The number of nitrogens with zero attached hydrogens (tertiary/aromatic N) is 1. The van der Waals surface area contributed by atoms with Crippen molar-refractivity contribution >= 4 is 34.6 Å². The zero-order valence-electron chi connectivity index (χ0n) is 9.28. The van der Waals surface area contributed by atoms with Gasteiger partial charge in [0.15, 0.2) is 10.3 Å². The molecular formula is C11H14ClN3OS. The zero-order valence-corrected chi connectivity index (χ0v) is 10.9. The van der Waals surface area contributed by atoms with Crippen LogP contribution in [0.25, 0.3) is 0 Å². The molecule has 0 bridgehead atoms. The van der Waals surface area contributed by atoms with Gasteiger partial charge in [0, 0.05) is 19.3 Å². The largest absolute Gasteiger partial charge is 0.376 e. The van der Waals surface area contributed by atoms with E-state index < -0.39 is 0 Å². The van der Waals surface area contributed by atoms with Gasteiger partial charge in [-0.05, 0) is 37.2 Å². The molecule has 17 heavy (non-hydrogen) atoms. The molecule has 2 N–H and O–H groups in total. The minimum Gasteiger partial charge on any atom is -0.376 e. The molecule has 0 saturated carbocycles. The number of ether oxygens (including phenoxy) is 1. The number of hydrogen-bond acceptors (Lipinski definition) is 3. The van der Waals surface area contributed by atoms with Crippen molar-refractivity contribution in [2.24, 2.45) is 0 Å². The molecule has 1 unspecified atom stereocenters. The van der Waals surface area contributed by atoms with Gasteiger partial charge in [-0.3, -0.25) is 0 Å². The Hall–Kier alpha value is -0.910. The fourth-order valence-corrected chi connectivity index (χ4v) is 2.02. The molecule has 0 aromatic carbocycles. The SMILES string of the molecule is S=C(NCC1CCCO1)Nc1cccnc1Cl. The molecule has 1 fully saturated rings. The van der Waals surface area contributed by atoms with Crippen LogP contribution in [-0.4, -0.2) is 29.4 Å². The maximum atomic E-state index is 5.91. The van der Waals surface area contributed by atoms with Crippen molar-refractivity contribution in [1.29, 1.82) is 0 Å². The topological polar surface area (TPSA) is 46.2 Å². The number of anilines is 1. The van der Waals surface area contributed by atoms with E-state index in [0.29, 0.717) is 16.0 Å².